The Kier molecular flexibility index (Phi) is 15.6. The average molecular weight is 684 g/mol. The predicted octanol–water partition coefficient (Wildman–Crippen LogP) is 8.84. The minimum absolute atomic E-state index is 0.00301. The molecule has 5 fully saturated rings. The van der Waals surface area contributed by atoms with Gasteiger partial charge in [-0.1, -0.05) is 57.8 Å². The maximum Gasteiger partial charge on any atom is 0.246 e. The highest BCUT2D eigenvalue weighted by atomic mass is 35.5. The van der Waals surface area contributed by atoms with E-state index in [2.05, 4.69) is 10.6 Å². The Labute approximate surface area is 289 Å². The molecular weight excluding hydrogens is 619 g/mol. The molecule has 5 aliphatic carbocycles. The molecule has 6 atom stereocenters. The van der Waals surface area contributed by atoms with Gasteiger partial charge in [0.05, 0.1) is 12.2 Å². The summed E-state index contributed by atoms with van der Waals surface area (Å²) >= 11 is 13.4. The van der Waals surface area contributed by atoms with Crippen LogP contribution in [0.2, 0.25) is 0 Å². The zero-order valence-corrected chi connectivity index (χ0v) is 30.1. The minimum atomic E-state index is -0.00301. The molecule has 0 aliphatic heterocycles. The quantitative estimate of drug-likeness (QED) is 0.226. The van der Waals surface area contributed by atoms with Crippen LogP contribution in [-0.4, -0.2) is 60.1 Å². The monoisotopic (exact) mass is 682 g/mol. The predicted molar refractivity (Wildman–Crippen MR) is 187 cm³/mol. The molecule has 0 aromatic heterocycles. The fraction of sp³-hybridized carbons (Fsp3) is 0.947. The van der Waals surface area contributed by atoms with Gasteiger partial charge in [0.2, 0.25) is 11.8 Å². The zero-order chi connectivity index (χ0) is 32.1. The highest BCUT2D eigenvalue weighted by Gasteiger charge is 2.35. The molecule has 2 N–H and O–H groups in total. The molecule has 0 aromatic rings. The first kappa shape index (κ1) is 36.7. The number of carbonyl (C=O) groups is 2. The van der Waals surface area contributed by atoms with E-state index >= 15 is 0 Å². The lowest BCUT2D eigenvalue weighted by Crippen LogP contribution is -2.46. The van der Waals surface area contributed by atoms with E-state index in [1.807, 2.05) is 0 Å². The van der Waals surface area contributed by atoms with Gasteiger partial charge >= 0.3 is 0 Å². The first-order valence-corrected chi connectivity index (χ1v) is 20.4. The number of nitrogens with one attached hydrogen (secondary N) is 2. The number of ether oxygens (including phenoxy) is 2. The highest BCUT2D eigenvalue weighted by Crippen LogP contribution is 2.41. The summed E-state index contributed by atoms with van der Waals surface area (Å²) in [5.41, 5.74) is 0. The van der Waals surface area contributed by atoms with Crippen LogP contribution < -0.4 is 10.6 Å². The van der Waals surface area contributed by atoms with Crippen molar-refractivity contribution < 1.29 is 19.1 Å². The molecule has 5 saturated carbocycles. The Balaban J connectivity index is 0.935. The van der Waals surface area contributed by atoms with Gasteiger partial charge in [0.1, 0.15) is 13.2 Å². The fourth-order valence-corrected chi connectivity index (χ4v) is 10.5. The summed E-state index contributed by atoms with van der Waals surface area (Å²) in [6, 6.07) is 0.324. The van der Waals surface area contributed by atoms with Gasteiger partial charge in [-0.25, -0.2) is 0 Å². The molecule has 46 heavy (non-hydrogen) atoms. The molecule has 0 aromatic carbocycles. The van der Waals surface area contributed by atoms with Crippen LogP contribution in [-0.2, 0) is 19.1 Å². The number of halogens is 2. The van der Waals surface area contributed by atoms with E-state index in [1.54, 1.807) is 0 Å². The lowest BCUT2D eigenvalue weighted by Gasteiger charge is -2.38. The smallest absolute Gasteiger partial charge is 0.246 e. The topological polar surface area (TPSA) is 76.7 Å². The summed E-state index contributed by atoms with van der Waals surface area (Å²) in [5.74, 6) is 2.63. The van der Waals surface area contributed by atoms with Crippen LogP contribution in [0, 0.1) is 23.7 Å². The van der Waals surface area contributed by atoms with Crippen LogP contribution in [0.15, 0.2) is 0 Å². The third kappa shape index (κ3) is 11.8. The van der Waals surface area contributed by atoms with Crippen molar-refractivity contribution in [3.8, 4) is 0 Å². The van der Waals surface area contributed by atoms with E-state index in [9.17, 15) is 9.59 Å². The maximum absolute atomic E-state index is 12.9. The Hall–Kier alpha value is -0.560. The number of hydrogen-bond acceptors (Lipinski definition) is 4. The van der Waals surface area contributed by atoms with Gasteiger partial charge in [-0.15, -0.1) is 23.2 Å². The second-order valence-corrected chi connectivity index (χ2v) is 16.9. The lowest BCUT2D eigenvalue weighted by atomic mass is 9.73. The number of alkyl halides is 2. The minimum Gasteiger partial charge on any atom is -0.368 e. The summed E-state index contributed by atoms with van der Waals surface area (Å²) in [6.45, 7) is 0.315. The molecule has 0 spiro atoms. The van der Waals surface area contributed by atoms with Crippen molar-refractivity contribution in [2.75, 3.05) is 13.2 Å². The fourth-order valence-electron chi connectivity index (χ4n) is 9.74. The molecule has 6 unspecified atom stereocenters. The summed E-state index contributed by atoms with van der Waals surface area (Å²) in [7, 11) is 0. The van der Waals surface area contributed by atoms with Crippen molar-refractivity contribution in [1.82, 2.24) is 10.6 Å². The molecule has 8 heteroatoms. The van der Waals surface area contributed by atoms with E-state index in [0.717, 1.165) is 63.7 Å². The van der Waals surface area contributed by atoms with Gasteiger partial charge in [0.15, 0.2) is 0 Å². The van der Waals surface area contributed by atoms with Crippen LogP contribution in [0.3, 0.4) is 0 Å². The standard InChI is InChI=1S/C38H64Cl2N2O4/c39-29-10-6-5-9-27(15-18-29)34-12-7-8-14-36(34)46-26-38(44)42-31-21-19-30(20-22-31)41-37(43)25-45-32-23-16-28(17-24-32)33-11-3-1-2-4-13-35(33)40/h27-36H,1-26H2,(H,41,43)(H,42,44)/t27?,28?,29?,30-,31-,32?,33?,34?,35?,36?. The van der Waals surface area contributed by atoms with Crippen LogP contribution >= 0.6 is 23.2 Å². The number of carbonyl (C=O) groups excluding carboxylic acids is 2. The Morgan fingerprint density at radius 1 is 0.500 bits per heavy atom. The molecule has 2 amide bonds. The van der Waals surface area contributed by atoms with Gasteiger partial charge in [-0.05, 0) is 120 Å². The summed E-state index contributed by atoms with van der Waals surface area (Å²) in [5, 5.41) is 7.08. The summed E-state index contributed by atoms with van der Waals surface area (Å²) < 4.78 is 12.4. The third-order valence-electron chi connectivity index (χ3n) is 12.4. The Morgan fingerprint density at radius 3 is 1.74 bits per heavy atom. The largest absolute Gasteiger partial charge is 0.368 e. The van der Waals surface area contributed by atoms with E-state index in [1.165, 1.54) is 96.3 Å². The highest BCUT2D eigenvalue weighted by molar-refractivity contribution is 6.20. The third-order valence-corrected chi connectivity index (χ3v) is 13.4. The zero-order valence-electron chi connectivity index (χ0n) is 28.5. The van der Waals surface area contributed by atoms with Crippen molar-refractivity contribution in [2.24, 2.45) is 23.7 Å². The molecular formula is C38H64Cl2N2O4. The van der Waals surface area contributed by atoms with Crippen molar-refractivity contribution in [2.45, 2.75) is 189 Å². The van der Waals surface area contributed by atoms with Crippen LogP contribution in [0.1, 0.15) is 154 Å². The maximum atomic E-state index is 12.9. The van der Waals surface area contributed by atoms with E-state index in [4.69, 9.17) is 32.7 Å². The second kappa shape index (κ2) is 19.6. The van der Waals surface area contributed by atoms with Gasteiger partial charge in [-0.2, -0.15) is 0 Å². The first-order valence-electron chi connectivity index (χ1n) is 19.5. The van der Waals surface area contributed by atoms with Crippen molar-refractivity contribution in [3.63, 3.8) is 0 Å². The van der Waals surface area contributed by atoms with Crippen molar-refractivity contribution >= 4 is 35.0 Å². The molecule has 0 radical (unpaired) electrons. The SMILES string of the molecule is O=C(COC1CCC(C2CCCCCCC2Cl)CC1)N[C@H]1CC[C@H](NC(=O)COC2CCCCC2C2CCCCC(Cl)CC2)CC1. The molecule has 5 aliphatic rings. The Morgan fingerprint density at radius 2 is 1.02 bits per heavy atom. The lowest BCUT2D eigenvalue weighted by molar-refractivity contribution is -0.132. The van der Waals surface area contributed by atoms with Crippen molar-refractivity contribution in [1.29, 1.82) is 0 Å². The molecule has 0 saturated heterocycles. The van der Waals surface area contributed by atoms with E-state index in [0.29, 0.717) is 28.5 Å². The molecule has 0 bridgehead atoms. The Bertz CT molecular complexity index is 907. The molecule has 6 nitrogen and oxygen atoms in total. The summed E-state index contributed by atoms with van der Waals surface area (Å²) in [4.78, 5) is 25.6. The van der Waals surface area contributed by atoms with Gasteiger partial charge < -0.3 is 20.1 Å². The van der Waals surface area contributed by atoms with Gasteiger partial charge in [0.25, 0.3) is 0 Å². The van der Waals surface area contributed by atoms with Crippen LogP contribution in [0.5, 0.6) is 0 Å². The average Bonchev–Trinajstić information content (AvgIpc) is 3.05. The molecule has 0 heterocycles. The van der Waals surface area contributed by atoms with Crippen LogP contribution in [0.4, 0.5) is 0 Å². The van der Waals surface area contributed by atoms with Gasteiger partial charge in [-0.3, -0.25) is 9.59 Å². The number of rotatable bonds is 10. The summed E-state index contributed by atoms with van der Waals surface area (Å²) in [6.07, 6.45) is 28.2. The van der Waals surface area contributed by atoms with Crippen molar-refractivity contribution in [3.05, 3.63) is 0 Å². The van der Waals surface area contributed by atoms with Gasteiger partial charge in [0, 0.05) is 22.8 Å². The molecule has 5 rings (SSSR count). The first-order chi connectivity index (χ1) is 22.4. The molecule has 264 valence electrons. The van der Waals surface area contributed by atoms with Crippen LogP contribution in [0.25, 0.3) is 0 Å². The van der Waals surface area contributed by atoms with E-state index < -0.39 is 0 Å². The number of hydrogen-bond donors (Lipinski definition) is 2. The van der Waals surface area contributed by atoms with E-state index in [-0.39, 0.29) is 49.3 Å². The number of amides is 2. The second-order valence-electron chi connectivity index (χ2n) is 15.7. The normalized spacial score (nSPS) is 38.4.